The molecule has 7 nitrogen and oxygen atoms in total. The number of anilines is 1. The number of carbonyl (C=O) groups is 3. The van der Waals surface area contributed by atoms with Crippen LogP contribution in [0.15, 0.2) is 59.5 Å². The monoisotopic (exact) mass is 564 g/mol. The highest BCUT2D eigenvalue weighted by molar-refractivity contribution is 8.18. The van der Waals surface area contributed by atoms with Crippen LogP contribution >= 0.6 is 23.4 Å². The molecule has 0 radical (unpaired) electrons. The van der Waals surface area contributed by atoms with E-state index in [4.69, 9.17) is 21.1 Å². The van der Waals surface area contributed by atoms with Crippen LogP contribution in [0, 0.1) is 20.8 Å². The van der Waals surface area contributed by atoms with Crippen molar-refractivity contribution in [2.75, 3.05) is 18.5 Å². The van der Waals surface area contributed by atoms with Crippen molar-refractivity contribution in [3.8, 4) is 11.5 Å². The van der Waals surface area contributed by atoms with Crippen molar-refractivity contribution in [1.82, 2.24) is 4.90 Å². The number of rotatable bonds is 9. The van der Waals surface area contributed by atoms with E-state index >= 15 is 0 Å². The molecule has 0 aliphatic carbocycles. The molecule has 1 fully saturated rings. The Bertz CT molecular complexity index is 1450. The van der Waals surface area contributed by atoms with E-state index in [1.165, 1.54) is 0 Å². The zero-order valence-corrected chi connectivity index (χ0v) is 23.7. The quantitative estimate of drug-likeness (QED) is 0.284. The van der Waals surface area contributed by atoms with Crippen LogP contribution in [-0.4, -0.2) is 35.1 Å². The topological polar surface area (TPSA) is 84.9 Å². The number of nitrogens with one attached hydrogen (secondary N) is 1. The lowest BCUT2D eigenvalue weighted by Crippen LogP contribution is -2.36. The molecular weight excluding hydrogens is 536 g/mol. The van der Waals surface area contributed by atoms with Crippen LogP contribution in [0.1, 0.15) is 34.7 Å². The highest BCUT2D eigenvalue weighted by Gasteiger charge is 2.36. The fraction of sp³-hybridized carbons (Fsp3) is 0.233. The molecule has 39 heavy (non-hydrogen) atoms. The minimum absolute atomic E-state index is 0.225. The number of halogens is 1. The summed E-state index contributed by atoms with van der Waals surface area (Å²) in [5, 5.41) is 2.96. The first-order valence-electron chi connectivity index (χ1n) is 12.4. The Labute approximate surface area is 237 Å². The third-order valence-electron chi connectivity index (χ3n) is 6.02. The van der Waals surface area contributed by atoms with E-state index in [2.05, 4.69) is 5.32 Å². The fourth-order valence-corrected chi connectivity index (χ4v) is 5.29. The van der Waals surface area contributed by atoms with Crippen LogP contribution in [0.5, 0.6) is 11.5 Å². The first-order valence-corrected chi connectivity index (χ1v) is 13.6. The molecule has 0 spiro atoms. The molecule has 1 aliphatic rings. The molecule has 0 atom stereocenters. The molecule has 3 aromatic rings. The molecule has 3 amide bonds. The average Bonchev–Trinajstić information content (AvgIpc) is 3.14. The van der Waals surface area contributed by atoms with Crippen molar-refractivity contribution in [1.29, 1.82) is 0 Å². The second-order valence-corrected chi connectivity index (χ2v) is 10.5. The summed E-state index contributed by atoms with van der Waals surface area (Å²) >= 11 is 7.03. The smallest absolute Gasteiger partial charge is 0.294 e. The predicted octanol–water partition coefficient (Wildman–Crippen LogP) is 6.92. The third-order valence-corrected chi connectivity index (χ3v) is 7.30. The van der Waals surface area contributed by atoms with Crippen LogP contribution in [0.3, 0.4) is 0 Å². The standard InChI is InChI=1S/C30H29ClN2O5S/c1-5-37-25-14-21(10-11-24(25)38-17-22-8-6-7-9-23(22)31)15-26-29(35)33(30(36)39-26)16-27(34)32-28-19(3)12-18(2)13-20(28)4/h6-15H,5,16-17H2,1-4H3,(H,32,34)/b26-15+. The van der Waals surface area contributed by atoms with E-state index < -0.39 is 17.1 Å². The normalized spacial score (nSPS) is 14.2. The van der Waals surface area contributed by atoms with Gasteiger partial charge in [0.2, 0.25) is 5.91 Å². The van der Waals surface area contributed by atoms with Crippen LogP contribution in [0.25, 0.3) is 6.08 Å². The Morgan fingerprint density at radius 3 is 2.41 bits per heavy atom. The molecule has 0 saturated carbocycles. The summed E-state index contributed by atoms with van der Waals surface area (Å²) in [5.41, 5.74) is 5.11. The first-order chi connectivity index (χ1) is 18.7. The molecule has 1 saturated heterocycles. The van der Waals surface area contributed by atoms with Gasteiger partial charge in [-0.25, -0.2) is 0 Å². The van der Waals surface area contributed by atoms with Crippen molar-refractivity contribution in [2.45, 2.75) is 34.3 Å². The molecule has 4 rings (SSSR count). The number of hydrogen-bond acceptors (Lipinski definition) is 6. The van der Waals surface area contributed by atoms with Crippen molar-refractivity contribution in [3.63, 3.8) is 0 Å². The zero-order chi connectivity index (χ0) is 28.1. The number of amides is 3. The molecule has 202 valence electrons. The van der Waals surface area contributed by atoms with Gasteiger partial charge in [-0.1, -0.05) is 53.6 Å². The fourth-order valence-electron chi connectivity index (χ4n) is 4.26. The number of ether oxygens (including phenoxy) is 2. The van der Waals surface area contributed by atoms with E-state index in [1.54, 1.807) is 30.3 Å². The summed E-state index contributed by atoms with van der Waals surface area (Å²) in [7, 11) is 0. The van der Waals surface area contributed by atoms with E-state index in [0.29, 0.717) is 34.4 Å². The van der Waals surface area contributed by atoms with Gasteiger partial charge in [-0.05, 0) is 80.4 Å². The minimum atomic E-state index is -0.519. The first kappa shape index (κ1) is 28.3. The van der Waals surface area contributed by atoms with E-state index in [9.17, 15) is 14.4 Å². The summed E-state index contributed by atoms with van der Waals surface area (Å²) < 4.78 is 11.7. The number of imide groups is 1. The van der Waals surface area contributed by atoms with E-state index in [1.807, 2.05) is 58.0 Å². The number of aryl methyl sites for hydroxylation is 3. The second-order valence-electron chi connectivity index (χ2n) is 9.11. The summed E-state index contributed by atoms with van der Waals surface area (Å²) in [6.45, 7) is 7.97. The molecular formula is C30H29ClN2O5S. The van der Waals surface area contributed by atoms with Crippen molar-refractivity contribution in [3.05, 3.63) is 92.3 Å². The second kappa shape index (κ2) is 12.4. The molecule has 1 heterocycles. The van der Waals surface area contributed by atoms with Gasteiger partial charge in [-0.3, -0.25) is 19.3 Å². The van der Waals surface area contributed by atoms with Gasteiger partial charge < -0.3 is 14.8 Å². The molecule has 0 bridgehead atoms. The van der Waals surface area contributed by atoms with Crippen LogP contribution in [0.4, 0.5) is 10.5 Å². The Kier molecular flexibility index (Phi) is 8.99. The largest absolute Gasteiger partial charge is 0.490 e. The predicted molar refractivity (Wildman–Crippen MR) is 155 cm³/mol. The minimum Gasteiger partial charge on any atom is -0.490 e. The number of thioether (sulfide) groups is 1. The summed E-state index contributed by atoms with van der Waals surface area (Å²) in [4.78, 5) is 39.5. The SMILES string of the molecule is CCOc1cc(/C=C2/SC(=O)N(CC(=O)Nc3c(C)cc(C)cc3C)C2=O)ccc1OCc1ccccc1Cl. The number of carbonyl (C=O) groups excluding carboxylic acids is 3. The van der Waals surface area contributed by atoms with Gasteiger partial charge in [0.15, 0.2) is 11.5 Å². The number of hydrogen-bond donors (Lipinski definition) is 1. The zero-order valence-electron chi connectivity index (χ0n) is 22.2. The maximum Gasteiger partial charge on any atom is 0.294 e. The van der Waals surface area contributed by atoms with Crippen LogP contribution < -0.4 is 14.8 Å². The van der Waals surface area contributed by atoms with Gasteiger partial charge >= 0.3 is 0 Å². The molecule has 3 aromatic carbocycles. The van der Waals surface area contributed by atoms with Crippen LogP contribution in [-0.2, 0) is 16.2 Å². The van der Waals surface area contributed by atoms with Gasteiger partial charge in [0.1, 0.15) is 13.2 Å². The van der Waals surface area contributed by atoms with E-state index in [-0.39, 0.29) is 18.1 Å². The summed E-state index contributed by atoms with van der Waals surface area (Å²) in [6.07, 6.45) is 1.61. The summed E-state index contributed by atoms with van der Waals surface area (Å²) in [6, 6.07) is 16.6. The highest BCUT2D eigenvalue weighted by Crippen LogP contribution is 2.35. The maximum absolute atomic E-state index is 13.0. The number of nitrogens with zero attached hydrogens (tertiary/aromatic N) is 1. The van der Waals surface area contributed by atoms with E-state index in [0.717, 1.165) is 38.9 Å². The molecule has 9 heteroatoms. The molecule has 1 aliphatic heterocycles. The van der Waals surface area contributed by atoms with Crippen molar-refractivity contribution >= 4 is 52.2 Å². The molecule has 0 aromatic heterocycles. The Morgan fingerprint density at radius 2 is 1.72 bits per heavy atom. The maximum atomic E-state index is 13.0. The highest BCUT2D eigenvalue weighted by atomic mass is 35.5. The van der Waals surface area contributed by atoms with Gasteiger partial charge in [0.25, 0.3) is 11.1 Å². The van der Waals surface area contributed by atoms with Gasteiger partial charge in [-0.2, -0.15) is 0 Å². The average molecular weight is 565 g/mol. The Balaban J connectivity index is 1.46. The van der Waals surface area contributed by atoms with Crippen molar-refractivity contribution in [2.24, 2.45) is 0 Å². The lowest BCUT2D eigenvalue weighted by Gasteiger charge is -2.16. The van der Waals surface area contributed by atoms with Crippen molar-refractivity contribution < 1.29 is 23.9 Å². The Hall–Kier alpha value is -3.75. The third kappa shape index (κ3) is 6.82. The number of benzene rings is 3. The van der Waals surface area contributed by atoms with Gasteiger partial charge in [0, 0.05) is 16.3 Å². The molecule has 1 N–H and O–H groups in total. The summed E-state index contributed by atoms with van der Waals surface area (Å²) in [5.74, 6) is 0.0721. The van der Waals surface area contributed by atoms with Gasteiger partial charge in [0.05, 0.1) is 11.5 Å². The Morgan fingerprint density at radius 1 is 1.00 bits per heavy atom. The molecule has 0 unspecified atom stereocenters. The van der Waals surface area contributed by atoms with Crippen LogP contribution in [0.2, 0.25) is 5.02 Å². The van der Waals surface area contributed by atoms with Gasteiger partial charge in [-0.15, -0.1) is 0 Å². The lowest BCUT2D eigenvalue weighted by molar-refractivity contribution is -0.127. The lowest BCUT2D eigenvalue weighted by atomic mass is 10.1.